The molecule has 0 aliphatic rings. The number of nitriles is 1. The standard InChI is InChI=1S/C12H15N3O/c1-12(2,7-11(14)16)15-10-5-3-4-9(6-10)8-13/h3-6,15H,7H2,1-2H3,(H2,14,16). The highest BCUT2D eigenvalue weighted by atomic mass is 16.1. The number of carbonyl (C=O) groups is 1. The van der Waals surface area contributed by atoms with Crippen molar-refractivity contribution in [2.45, 2.75) is 25.8 Å². The van der Waals surface area contributed by atoms with Gasteiger partial charge in [0.1, 0.15) is 0 Å². The monoisotopic (exact) mass is 217 g/mol. The summed E-state index contributed by atoms with van der Waals surface area (Å²) in [6, 6.07) is 9.17. The molecule has 16 heavy (non-hydrogen) atoms. The highest BCUT2D eigenvalue weighted by Crippen LogP contribution is 2.18. The lowest BCUT2D eigenvalue weighted by Gasteiger charge is -2.26. The first kappa shape index (κ1) is 12.1. The van der Waals surface area contributed by atoms with Crippen LogP contribution in [0.3, 0.4) is 0 Å². The number of nitrogens with two attached hydrogens (primary N) is 1. The van der Waals surface area contributed by atoms with Gasteiger partial charge in [-0.05, 0) is 32.0 Å². The molecule has 1 rings (SSSR count). The molecule has 0 bridgehead atoms. The summed E-state index contributed by atoms with van der Waals surface area (Å²) in [4.78, 5) is 10.9. The quantitative estimate of drug-likeness (QED) is 0.804. The number of carbonyl (C=O) groups excluding carboxylic acids is 1. The molecule has 0 radical (unpaired) electrons. The van der Waals surface area contributed by atoms with Gasteiger partial charge in [-0.25, -0.2) is 0 Å². The second-order valence-corrected chi connectivity index (χ2v) is 4.34. The Morgan fingerprint density at radius 3 is 2.81 bits per heavy atom. The maximum Gasteiger partial charge on any atom is 0.219 e. The molecule has 1 amide bonds. The second-order valence-electron chi connectivity index (χ2n) is 4.34. The van der Waals surface area contributed by atoms with E-state index >= 15 is 0 Å². The average molecular weight is 217 g/mol. The highest BCUT2D eigenvalue weighted by molar-refractivity contribution is 5.75. The molecule has 84 valence electrons. The first-order valence-electron chi connectivity index (χ1n) is 4.99. The lowest BCUT2D eigenvalue weighted by molar-refractivity contribution is -0.118. The van der Waals surface area contributed by atoms with Gasteiger partial charge in [-0.1, -0.05) is 6.07 Å². The normalized spacial score (nSPS) is 10.6. The van der Waals surface area contributed by atoms with Gasteiger partial charge in [0.15, 0.2) is 0 Å². The number of primary amides is 1. The summed E-state index contributed by atoms with van der Waals surface area (Å²) in [6.45, 7) is 3.77. The summed E-state index contributed by atoms with van der Waals surface area (Å²) >= 11 is 0. The molecule has 1 aromatic rings. The van der Waals surface area contributed by atoms with Crippen LogP contribution in [0.15, 0.2) is 24.3 Å². The molecule has 0 unspecified atom stereocenters. The number of hydrogen-bond acceptors (Lipinski definition) is 3. The molecule has 1 aromatic carbocycles. The fraction of sp³-hybridized carbons (Fsp3) is 0.333. The van der Waals surface area contributed by atoms with Crippen LogP contribution in [0.1, 0.15) is 25.8 Å². The summed E-state index contributed by atoms with van der Waals surface area (Å²) in [5.41, 5.74) is 6.13. The zero-order chi connectivity index (χ0) is 12.2. The zero-order valence-electron chi connectivity index (χ0n) is 9.45. The lowest BCUT2D eigenvalue weighted by Crippen LogP contribution is -2.35. The number of benzene rings is 1. The van der Waals surface area contributed by atoms with Crippen molar-refractivity contribution in [3.8, 4) is 6.07 Å². The van der Waals surface area contributed by atoms with Gasteiger partial charge >= 0.3 is 0 Å². The zero-order valence-corrected chi connectivity index (χ0v) is 9.45. The van der Waals surface area contributed by atoms with Gasteiger partial charge in [0.25, 0.3) is 0 Å². The number of anilines is 1. The summed E-state index contributed by atoms with van der Waals surface area (Å²) in [5.74, 6) is -0.353. The van der Waals surface area contributed by atoms with Crippen molar-refractivity contribution in [2.75, 3.05) is 5.32 Å². The summed E-state index contributed by atoms with van der Waals surface area (Å²) in [5, 5.41) is 11.9. The van der Waals surface area contributed by atoms with E-state index in [1.165, 1.54) is 0 Å². The molecular weight excluding hydrogens is 202 g/mol. The van der Waals surface area contributed by atoms with Gasteiger partial charge in [0.2, 0.25) is 5.91 Å². The number of nitrogens with one attached hydrogen (secondary N) is 1. The van der Waals surface area contributed by atoms with E-state index in [1.54, 1.807) is 18.2 Å². The molecule has 0 atom stereocenters. The Bertz CT molecular complexity index is 432. The van der Waals surface area contributed by atoms with Crippen LogP contribution in [0.25, 0.3) is 0 Å². The second kappa shape index (κ2) is 4.67. The van der Waals surface area contributed by atoms with Gasteiger partial charge in [0, 0.05) is 17.6 Å². The van der Waals surface area contributed by atoms with E-state index in [0.29, 0.717) is 5.56 Å². The van der Waals surface area contributed by atoms with Crippen molar-refractivity contribution >= 4 is 11.6 Å². The molecule has 0 fully saturated rings. The minimum absolute atomic E-state index is 0.240. The molecule has 0 saturated heterocycles. The summed E-state index contributed by atoms with van der Waals surface area (Å²) in [6.07, 6.45) is 0.240. The Labute approximate surface area is 95.1 Å². The molecule has 0 saturated carbocycles. The largest absolute Gasteiger partial charge is 0.380 e. The predicted octanol–water partition coefficient (Wildman–Crippen LogP) is 1.62. The third-order valence-corrected chi connectivity index (χ3v) is 2.09. The number of amides is 1. The third-order valence-electron chi connectivity index (χ3n) is 2.09. The summed E-state index contributed by atoms with van der Waals surface area (Å²) < 4.78 is 0. The van der Waals surface area contributed by atoms with E-state index in [0.717, 1.165) is 5.69 Å². The van der Waals surface area contributed by atoms with E-state index in [1.807, 2.05) is 19.9 Å². The molecule has 0 aliphatic heterocycles. The van der Waals surface area contributed by atoms with Crippen LogP contribution in [0.5, 0.6) is 0 Å². The molecular formula is C12H15N3O. The van der Waals surface area contributed by atoms with E-state index in [-0.39, 0.29) is 12.3 Å². The number of rotatable bonds is 4. The van der Waals surface area contributed by atoms with Gasteiger partial charge in [0.05, 0.1) is 11.6 Å². The van der Waals surface area contributed by atoms with Crippen molar-refractivity contribution in [2.24, 2.45) is 5.73 Å². The Morgan fingerprint density at radius 2 is 2.25 bits per heavy atom. The molecule has 4 nitrogen and oxygen atoms in total. The lowest BCUT2D eigenvalue weighted by atomic mass is 9.99. The van der Waals surface area contributed by atoms with Crippen LogP contribution in [0, 0.1) is 11.3 Å². The summed E-state index contributed by atoms with van der Waals surface area (Å²) in [7, 11) is 0. The van der Waals surface area contributed by atoms with Crippen LogP contribution < -0.4 is 11.1 Å². The minimum Gasteiger partial charge on any atom is -0.380 e. The maximum atomic E-state index is 10.9. The van der Waals surface area contributed by atoms with Crippen molar-refractivity contribution < 1.29 is 4.79 Å². The van der Waals surface area contributed by atoms with Crippen LogP contribution in [0.2, 0.25) is 0 Å². The average Bonchev–Trinajstić information content (AvgIpc) is 2.15. The molecule has 4 heteroatoms. The van der Waals surface area contributed by atoms with Crippen LogP contribution in [-0.4, -0.2) is 11.4 Å². The topological polar surface area (TPSA) is 78.9 Å². The number of hydrogen-bond donors (Lipinski definition) is 2. The molecule has 0 aliphatic carbocycles. The Hall–Kier alpha value is -2.02. The van der Waals surface area contributed by atoms with Crippen molar-refractivity contribution in [3.63, 3.8) is 0 Å². The smallest absolute Gasteiger partial charge is 0.219 e. The SMILES string of the molecule is CC(C)(CC(N)=O)Nc1cccc(C#N)c1. The van der Waals surface area contributed by atoms with Crippen LogP contribution >= 0.6 is 0 Å². The highest BCUT2D eigenvalue weighted by Gasteiger charge is 2.20. The Kier molecular flexibility index (Phi) is 3.51. The van der Waals surface area contributed by atoms with Crippen LogP contribution in [-0.2, 0) is 4.79 Å². The minimum atomic E-state index is -0.417. The first-order valence-corrected chi connectivity index (χ1v) is 4.99. The third kappa shape index (κ3) is 3.62. The van der Waals surface area contributed by atoms with E-state index < -0.39 is 5.54 Å². The molecule has 3 N–H and O–H groups in total. The predicted molar refractivity (Wildman–Crippen MR) is 62.7 cm³/mol. The molecule has 0 spiro atoms. The Morgan fingerprint density at radius 1 is 1.56 bits per heavy atom. The van der Waals surface area contributed by atoms with Gasteiger partial charge in [-0.3, -0.25) is 4.79 Å². The van der Waals surface area contributed by atoms with E-state index in [4.69, 9.17) is 11.0 Å². The Balaban J connectivity index is 2.80. The van der Waals surface area contributed by atoms with Crippen molar-refractivity contribution in [1.29, 1.82) is 5.26 Å². The van der Waals surface area contributed by atoms with Crippen LogP contribution in [0.4, 0.5) is 5.69 Å². The maximum absolute atomic E-state index is 10.9. The van der Waals surface area contributed by atoms with Gasteiger partial charge in [-0.15, -0.1) is 0 Å². The number of nitrogens with zero attached hydrogens (tertiary/aromatic N) is 1. The van der Waals surface area contributed by atoms with E-state index in [9.17, 15) is 4.79 Å². The first-order chi connectivity index (χ1) is 7.43. The van der Waals surface area contributed by atoms with Crippen molar-refractivity contribution in [1.82, 2.24) is 0 Å². The molecule has 0 heterocycles. The van der Waals surface area contributed by atoms with Gasteiger partial charge in [-0.2, -0.15) is 5.26 Å². The fourth-order valence-electron chi connectivity index (χ4n) is 1.54. The fourth-order valence-corrected chi connectivity index (χ4v) is 1.54. The van der Waals surface area contributed by atoms with Crippen molar-refractivity contribution in [3.05, 3.63) is 29.8 Å². The molecule has 0 aromatic heterocycles. The van der Waals surface area contributed by atoms with Gasteiger partial charge < -0.3 is 11.1 Å². The van der Waals surface area contributed by atoms with E-state index in [2.05, 4.69) is 11.4 Å².